The van der Waals surface area contributed by atoms with Crippen molar-refractivity contribution in [3.63, 3.8) is 0 Å². The van der Waals surface area contributed by atoms with Crippen molar-refractivity contribution in [3.05, 3.63) is 57.4 Å². The quantitative estimate of drug-likeness (QED) is 0.633. The average molecular weight is 357 g/mol. The lowest BCUT2D eigenvalue weighted by Gasteiger charge is -2.06. The Kier molecular flexibility index (Phi) is 5.97. The molecule has 0 aliphatic carbocycles. The van der Waals surface area contributed by atoms with Crippen LogP contribution in [0.15, 0.2) is 18.2 Å². The lowest BCUT2D eigenvalue weighted by molar-refractivity contribution is 0.0468. The van der Waals surface area contributed by atoms with Gasteiger partial charge in [-0.25, -0.2) is 9.59 Å². The molecule has 138 valence electrons. The van der Waals surface area contributed by atoms with Crippen LogP contribution in [-0.4, -0.2) is 36.4 Å². The van der Waals surface area contributed by atoms with E-state index in [0.29, 0.717) is 28.8 Å². The van der Waals surface area contributed by atoms with Gasteiger partial charge in [-0.3, -0.25) is 4.79 Å². The second kappa shape index (κ2) is 7.99. The molecule has 26 heavy (non-hydrogen) atoms. The number of esters is 2. The van der Waals surface area contributed by atoms with Crippen LogP contribution in [-0.2, 0) is 15.9 Å². The van der Waals surface area contributed by atoms with E-state index in [1.165, 1.54) is 7.11 Å². The van der Waals surface area contributed by atoms with Crippen molar-refractivity contribution in [2.24, 2.45) is 0 Å². The number of rotatable bonds is 6. The summed E-state index contributed by atoms with van der Waals surface area (Å²) in [5, 5.41) is 0. The van der Waals surface area contributed by atoms with Crippen molar-refractivity contribution in [1.29, 1.82) is 0 Å². The molecule has 0 bridgehead atoms. The number of hydrogen-bond acceptors (Lipinski definition) is 5. The topological polar surface area (TPSA) is 85.5 Å². The molecule has 2 rings (SSSR count). The van der Waals surface area contributed by atoms with Gasteiger partial charge in [-0.1, -0.05) is 19.1 Å². The summed E-state index contributed by atoms with van der Waals surface area (Å²) < 4.78 is 9.91. The van der Waals surface area contributed by atoms with Crippen LogP contribution < -0.4 is 0 Å². The van der Waals surface area contributed by atoms with E-state index in [1.54, 1.807) is 19.1 Å². The summed E-state index contributed by atoms with van der Waals surface area (Å²) in [5.74, 6) is -1.47. The number of aromatic amines is 1. The number of Topliss-reactive ketones (excluding diaryl/α,β-unsaturated/α-hetero) is 1. The molecular weight excluding hydrogens is 334 g/mol. The van der Waals surface area contributed by atoms with E-state index < -0.39 is 11.9 Å². The average Bonchev–Trinajstić information content (AvgIpc) is 2.97. The highest BCUT2D eigenvalue weighted by Gasteiger charge is 2.25. The van der Waals surface area contributed by atoms with Crippen molar-refractivity contribution >= 4 is 17.7 Å². The fraction of sp³-hybridized carbons (Fsp3) is 0.350. The predicted molar refractivity (Wildman–Crippen MR) is 96.8 cm³/mol. The number of aromatic nitrogens is 1. The number of ether oxygens (including phenoxy) is 2. The number of carbonyl (C=O) groups excluding carboxylic acids is 3. The maximum absolute atomic E-state index is 12.4. The summed E-state index contributed by atoms with van der Waals surface area (Å²) in [6.45, 7) is 7.01. The Bertz CT molecular complexity index is 863. The SMILES string of the molecule is CCc1[nH]c(C(=O)OCC(=O)c2ccc(C)c(C)c2)c(C)c1C(=O)OC. The van der Waals surface area contributed by atoms with Gasteiger partial charge in [-0.15, -0.1) is 0 Å². The molecule has 1 heterocycles. The third kappa shape index (κ3) is 3.85. The van der Waals surface area contributed by atoms with Crippen molar-refractivity contribution in [3.8, 4) is 0 Å². The Balaban J connectivity index is 2.15. The number of ketones is 1. The number of methoxy groups -OCH3 is 1. The van der Waals surface area contributed by atoms with Gasteiger partial charge in [0.05, 0.1) is 12.7 Å². The molecule has 2 aromatic rings. The van der Waals surface area contributed by atoms with Crippen LogP contribution in [0.2, 0.25) is 0 Å². The maximum atomic E-state index is 12.4. The molecule has 6 heteroatoms. The van der Waals surface area contributed by atoms with Gasteiger partial charge in [0.15, 0.2) is 12.4 Å². The molecule has 0 unspecified atom stereocenters. The van der Waals surface area contributed by atoms with E-state index in [4.69, 9.17) is 9.47 Å². The summed E-state index contributed by atoms with van der Waals surface area (Å²) in [6.07, 6.45) is 0.528. The van der Waals surface area contributed by atoms with Gasteiger partial charge in [-0.05, 0) is 49.9 Å². The molecule has 0 aliphatic rings. The normalized spacial score (nSPS) is 10.5. The van der Waals surface area contributed by atoms with E-state index >= 15 is 0 Å². The summed E-state index contributed by atoms with van der Waals surface area (Å²) in [6, 6.07) is 5.34. The van der Waals surface area contributed by atoms with Gasteiger partial charge in [0.2, 0.25) is 0 Å². The van der Waals surface area contributed by atoms with E-state index in [-0.39, 0.29) is 18.1 Å². The molecule has 0 saturated heterocycles. The standard InChI is InChI=1S/C20H23NO5/c1-6-15-17(19(23)25-5)13(4)18(21-15)20(24)26-10-16(22)14-8-7-11(2)12(3)9-14/h7-9,21H,6,10H2,1-5H3. The zero-order valence-electron chi connectivity index (χ0n) is 15.7. The second-order valence-corrected chi connectivity index (χ2v) is 6.12. The number of nitrogens with one attached hydrogen (secondary N) is 1. The predicted octanol–water partition coefficient (Wildman–Crippen LogP) is 3.33. The molecule has 1 aromatic heterocycles. The molecule has 0 radical (unpaired) electrons. The van der Waals surface area contributed by atoms with Crippen molar-refractivity contribution in [2.75, 3.05) is 13.7 Å². The molecule has 0 aliphatic heterocycles. The number of hydrogen-bond donors (Lipinski definition) is 1. The van der Waals surface area contributed by atoms with Crippen LogP contribution in [0.4, 0.5) is 0 Å². The minimum absolute atomic E-state index is 0.162. The zero-order chi connectivity index (χ0) is 19.4. The van der Waals surface area contributed by atoms with E-state index in [1.807, 2.05) is 26.8 Å². The Morgan fingerprint density at radius 3 is 2.31 bits per heavy atom. The third-order valence-corrected chi connectivity index (χ3v) is 4.44. The lowest BCUT2D eigenvalue weighted by Crippen LogP contribution is -2.15. The number of H-pyrrole nitrogens is 1. The van der Waals surface area contributed by atoms with Gasteiger partial charge in [0, 0.05) is 11.3 Å². The van der Waals surface area contributed by atoms with Crippen LogP contribution in [0, 0.1) is 20.8 Å². The molecule has 1 N–H and O–H groups in total. The third-order valence-electron chi connectivity index (χ3n) is 4.44. The van der Waals surface area contributed by atoms with Gasteiger partial charge >= 0.3 is 11.9 Å². The number of benzene rings is 1. The number of aryl methyl sites for hydroxylation is 3. The molecule has 6 nitrogen and oxygen atoms in total. The zero-order valence-corrected chi connectivity index (χ0v) is 15.7. The highest BCUT2D eigenvalue weighted by atomic mass is 16.5. The van der Waals surface area contributed by atoms with E-state index in [2.05, 4.69) is 4.98 Å². The van der Waals surface area contributed by atoms with Crippen LogP contribution in [0.1, 0.15) is 60.5 Å². The lowest BCUT2D eigenvalue weighted by atomic mass is 10.0. The smallest absolute Gasteiger partial charge is 0.355 e. The van der Waals surface area contributed by atoms with Crippen LogP contribution >= 0.6 is 0 Å². The van der Waals surface area contributed by atoms with Crippen molar-refractivity contribution in [1.82, 2.24) is 4.98 Å². The fourth-order valence-electron chi connectivity index (χ4n) is 2.71. The first-order valence-corrected chi connectivity index (χ1v) is 8.37. The molecule has 0 saturated carbocycles. The summed E-state index contributed by atoms with van der Waals surface area (Å²) in [7, 11) is 1.29. The largest absolute Gasteiger partial charge is 0.465 e. The summed E-state index contributed by atoms with van der Waals surface area (Å²) >= 11 is 0. The van der Waals surface area contributed by atoms with Crippen molar-refractivity contribution < 1.29 is 23.9 Å². The van der Waals surface area contributed by atoms with Crippen LogP contribution in [0.5, 0.6) is 0 Å². The summed E-state index contributed by atoms with van der Waals surface area (Å²) in [5.41, 5.74) is 4.13. The maximum Gasteiger partial charge on any atom is 0.355 e. The number of carbonyl (C=O) groups is 3. The van der Waals surface area contributed by atoms with Gasteiger partial charge in [0.25, 0.3) is 0 Å². The minimum Gasteiger partial charge on any atom is -0.465 e. The Morgan fingerprint density at radius 1 is 1.04 bits per heavy atom. The van der Waals surface area contributed by atoms with Crippen molar-refractivity contribution in [2.45, 2.75) is 34.1 Å². The van der Waals surface area contributed by atoms with Gasteiger partial charge < -0.3 is 14.5 Å². The monoisotopic (exact) mass is 357 g/mol. The fourth-order valence-corrected chi connectivity index (χ4v) is 2.71. The molecule has 0 fully saturated rings. The van der Waals surface area contributed by atoms with Crippen LogP contribution in [0.25, 0.3) is 0 Å². The summed E-state index contributed by atoms with van der Waals surface area (Å²) in [4.78, 5) is 39.4. The van der Waals surface area contributed by atoms with E-state index in [0.717, 1.165) is 11.1 Å². The molecule has 0 atom stereocenters. The van der Waals surface area contributed by atoms with Crippen LogP contribution in [0.3, 0.4) is 0 Å². The first kappa shape index (κ1) is 19.4. The highest BCUT2D eigenvalue weighted by Crippen LogP contribution is 2.21. The first-order chi connectivity index (χ1) is 12.3. The highest BCUT2D eigenvalue weighted by molar-refractivity contribution is 6.01. The molecule has 1 aromatic carbocycles. The Hall–Kier alpha value is -2.89. The molecule has 0 amide bonds. The molecule has 0 spiro atoms. The minimum atomic E-state index is -0.676. The Morgan fingerprint density at radius 2 is 1.73 bits per heavy atom. The van der Waals surface area contributed by atoms with Gasteiger partial charge in [-0.2, -0.15) is 0 Å². The Labute approximate surface area is 152 Å². The molecular formula is C20H23NO5. The second-order valence-electron chi connectivity index (χ2n) is 6.12. The van der Waals surface area contributed by atoms with Gasteiger partial charge in [0.1, 0.15) is 5.69 Å². The first-order valence-electron chi connectivity index (χ1n) is 8.37. The van der Waals surface area contributed by atoms with E-state index in [9.17, 15) is 14.4 Å².